The molecule has 0 bridgehead atoms. The summed E-state index contributed by atoms with van der Waals surface area (Å²) in [5, 5.41) is 3.06. The lowest BCUT2D eigenvalue weighted by Crippen LogP contribution is -2.01. The minimum absolute atomic E-state index is 0.100. The summed E-state index contributed by atoms with van der Waals surface area (Å²) in [7, 11) is 0. The molecule has 0 saturated carbocycles. The summed E-state index contributed by atoms with van der Waals surface area (Å²) < 4.78 is 13.3. The predicted molar refractivity (Wildman–Crippen MR) is 75.3 cm³/mol. The van der Waals surface area contributed by atoms with Gasteiger partial charge in [0.05, 0.1) is 0 Å². The van der Waals surface area contributed by atoms with Crippen molar-refractivity contribution in [3.05, 3.63) is 53.3 Å². The van der Waals surface area contributed by atoms with Crippen LogP contribution >= 0.6 is 0 Å². The molecule has 19 heavy (non-hydrogen) atoms. The van der Waals surface area contributed by atoms with Crippen molar-refractivity contribution in [2.24, 2.45) is 0 Å². The molecule has 98 valence electrons. The van der Waals surface area contributed by atoms with Crippen LogP contribution in [0.4, 0.5) is 21.5 Å². The highest BCUT2D eigenvalue weighted by Gasteiger charge is 2.06. The lowest BCUT2D eigenvalue weighted by Gasteiger charge is -2.10. The topological polar surface area (TPSA) is 55.1 Å². The smallest absolute Gasteiger partial charge is 0.161 e. The zero-order chi connectivity index (χ0) is 14.0. The van der Waals surface area contributed by atoms with Crippen LogP contribution < -0.4 is 11.1 Å². The Kier molecular flexibility index (Phi) is 3.51. The van der Waals surface area contributed by atoms with Gasteiger partial charge in [0, 0.05) is 22.6 Å². The van der Waals surface area contributed by atoms with E-state index in [4.69, 9.17) is 5.73 Å². The van der Waals surface area contributed by atoms with Crippen LogP contribution in [0, 0.1) is 12.7 Å². The highest BCUT2D eigenvalue weighted by molar-refractivity contribution is 6.00. The Labute approximate surface area is 111 Å². The van der Waals surface area contributed by atoms with Gasteiger partial charge in [-0.3, -0.25) is 4.79 Å². The minimum Gasteiger partial charge on any atom is -0.398 e. The molecule has 0 aliphatic rings. The van der Waals surface area contributed by atoms with Gasteiger partial charge in [-0.15, -0.1) is 0 Å². The van der Waals surface area contributed by atoms with E-state index in [-0.39, 0.29) is 11.6 Å². The molecule has 0 unspecified atom stereocenters. The molecule has 0 aromatic heterocycles. The maximum absolute atomic E-state index is 13.3. The zero-order valence-corrected chi connectivity index (χ0v) is 10.8. The second-order valence-corrected chi connectivity index (χ2v) is 4.50. The molecule has 0 atom stereocenters. The average Bonchev–Trinajstić information content (AvgIpc) is 2.30. The monoisotopic (exact) mass is 258 g/mol. The van der Waals surface area contributed by atoms with E-state index in [9.17, 15) is 9.18 Å². The number of Topliss-reactive ketones (excluding diaryl/α,β-unsaturated/α-hetero) is 1. The number of anilines is 3. The summed E-state index contributed by atoms with van der Waals surface area (Å²) in [6.45, 7) is 3.28. The van der Waals surface area contributed by atoms with Gasteiger partial charge >= 0.3 is 0 Å². The number of carbonyl (C=O) groups is 1. The number of nitrogens with one attached hydrogen (secondary N) is 1. The van der Waals surface area contributed by atoms with Gasteiger partial charge in [0.1, 0.15) is 5.82 Å². The highest BCUT2D eigenvalue weighted by atomic mass is 19.1. The summed E-state index contributed by atoms with van der Waals surface area (Å²) >= 11 is 0. The van der Waals surface area contributed by atoms with Crippen LogP contribution in [-0.2, 0) is 0 Å². The van der Waals surface area contributed by atoms with Gasteiger partial charge in [-0.2, -0.15) is 0 Å². The standard InChI is InChI=1S/C15H15FN2O/c1-9-5-11(16)7-13(6-9)18-12-3-4-15(17)14(8-12)10(2)19/h3-8,18H,17H2,1-2H3. The number of carbonyl (C=O) groups excluding carboxylic acids is 1. The van der Waals surface area contributed by atoms with E-state index < -0.39 is 0 Å². The van der Waals surface area contributed by atoms with E-state index in [2.05, 4.69) is 5.32 Å². The third-order valence-electron chi connectivity index (χ3n) is 2.76. The van der Waals surface area contributed by atoms with Crippen LogP contribution in [-0.4, -0.2) is 5.78 Å². The van der Waals surface area contributed by atoms with Crippen molar-refractivity contribution < 1.29 is 9.18 Å². The molecule has 0 fully saturated rings. The number of hydrogen-bond donors (Lipinski definition) is 2. The number of ketones is 1. The van der Waals surface area contributed by atoms with Crippen molar-refractivity contribution in [1.29, 1.82) is 0 Å². The molecule has 2 rings (SSSR count). The number of aryl methyl sites for hydroxylation is 1. The molecule has 3 nitrogen and oxygen atoms in total. The van der Waals surface area contributed by atoms with Crippen molar-refractivity contribution in [3.63, 3.8) is 0 Å². The maximum atomic E-state index is 13.3. The molecule has 0 amide bonds. The molecule has 0 radical (unpaired) electrons. The van der Waals surface area contributed by atoms with Crippen LogP contribution in [0.2, 0.25) is 0 Å². The fraction of sp³-hybridized carbons (Fsp3) is 0.133. The van der Waals surface area contributed by atoms with Gasteiger partial charge < -0.3 is 11.1 Å². The van der Waals surface area contributed by atoms with Crippen LogP contribution in [0.15, 0.2) is 36.4 Å². The molecule has 0 heterocycles. The number of nitrogens with two attached hydrogens (primary N) is 1. The molecule has 0 aliphatic heterocycles. The van der Waals surface area contributed by atoms with Crippen LogP contribution in [0.25, 0.3) is 0 Å². The number of nitrogen functional groups attached to an aromatic ring is 1. The Balaban J connectivity index is 2.33. The van der Waals surface area contributed by atoms with Crippen LogP contribution in [0.1, 0.15) is 22.8 Å². The first-order chi connectivity index (χ1) is 8.95. The normalized spacial score (nSPS) is 10.3. The lowest BCUT2D eigenvalue weighted by atomic mass is 10.1. The van der Waals surface area contributed by atoms with Gasteiger partial charge in [0.25, 0.3) is 0 Å². The molecule has 2 aromatic carbocycles. The first-order valence-corrected chi connectivity index (χ1v) is 5.90. The number of halogens is 1. The molecule has 0 saturated heterocycles. The van der Waals surface area contributed by atoms with Crippen molar-refractivity contribution in [1.82, 2.24) is 0 Å². The predicted octanol–water partition coefficient (Wildman–Crippen LogP) is 3.66. The summed E-state index contributed by atoms with van der Waals surface area (Å²) in [5.41, 5.74) is 8.78. The van der Waals surface area contributed by atoms with Gasteiger partial charge in [0.2, 0.25) is 0 Å². The summed E-state index contributed by atoms with van der Waals surface area (Å²) in [5.74, 6) is -0.402. The van der Waals surface area contributed by atoms with Crippen LogP contribution in [0.3, 0.4) is 0 Å². The molecule has 4 heteroatoms. The Hall–Kier alpha value is -2.36. The highest BCUT2D eigenvalue weighted by Crippen LogP contribution is 2.23. The number of rotatable bonds is 3. The van der Waals surface area contributed by atoms with E-state index >= 15 is 0 Å². The lowest BCUT2D eigenvalue weighted by molar-refractivity contribution is 0.101. The van der Waals surface area contributed by atoms with E-state index in [1.807, 2.05) is 13.0 Å². The number of benzene rings is 2. The van der Waals surface area contributed by atoms with Crippen molar-refractivity contribution in [2.75, 3.05) is 11.1 Å². The fourth-order valence-corrected chi connectivity index (χ4v) is 1.91. The average molecular weight is 258 g/mol. The molecular formula is C15H15FN2O. The third kappa shape index (κ3) is 3.10. The van der Waals surface area contributed by atoms with Crippen molar-refractivity contribution in [2.45, 2.75) is 13.8 Å². The maximum Gasteiger partial charge on any atom is 0.161 e. The second-order valence-electron chi connectivity index (χ2n) is 4.50. The van der Waals surface area contributed by atoms with Crippen molar-refractivity contribution >= 4 is 22.8 Å². The first-order valence-electron chi connectivity index (χ1n) is 5.90. The van der Waals surface area contributed by atoms with Gasteiger partial charge in [0.15, 0.2) is 5.78 Å². The summed E-state index contributed by atoms with van der Waals surface area (Å²) in [4.78, 5) is 11.4. The first kappa shape index (κ1) is 13.1. The molecule has 3 N–H and O–H groups in total. The molecular weight excluding hydrogens is 243 g/mol. The Morgan fingerprint density at radius 1 is 1.16 bits per heavy atom. The summed E-state index contributed by atoms with van der Waals surface area (Å²) in [6.07, 6.45) is 0. The van der Waals surface area contributed by atoms with E-state index in [1.165, 1.54) is 19.1 Å². The quantitative estimate of drug-likeness (QED) is 0.652. The second kappa shape index (κ2) is 5.10. The van der Waals surface area contributed by atoms with E-state index in [1.54, 1.807) is 18.2 Å². The Morgan fingerprint density at radius 3 is 2.53 bits per heavy atom. The summed E-state index contributed by atoms with van der Waals surface area (Å²) in [6, 6.07) is 9.75. The van der Waals surface area contributed by atoms with Gasteiger partial charge in [-0.25, -0.2) is 4.39 Å². The molecule has 0 aliphatic carbocycles. The largest absolute Gasteiger partial charge is 0.398 e. The SMILES string of the molecule is CC(=O)c1cc(Nc2cc(C)cc(F)c2)ccc1N. The third-order valence-corrected chi connectivity index (χ3v) is 2.76. The molecule has 2 aromatic rings. The van der Waals surface area contributed by atoms with E-state index in [0.29, 0.717) is 22.6 Å². The minimum atomic E-state index is -0.301. The Bertz CT molecular complexity index is 618. The Morgan fingerprint density at radius 2 is 1.89 bits per heavy atom. The van der Waals surface area contributed by atoms with Crippen LogP contribution in [0.5, 0.6) is 0 Å². The van der Waals surface area contributed by atoms with Gasteiger partial charge in [-0.05, 0) is 55.8 Å². The van der Waals surface area contributed by atoms with Gasteiger partial charge in [-0.1, -0.05) is 0 Å². The zero-order valence-electron chi connectivity index (χ0n) is 10.8. The van der Waals surface area contributed by atoms with Crippen molar-refractivity contribution in [3.8, 4) is 0 Å². The van der Waals surface area contributed by atoms with E-state index in [0.717, 1.165) is 5.56 Å². The fourth-order valence-electron chi connectivity index (χ4n) is 1.91. The molecule has 0 spiro atoms. The number of hydrogen-bond acceptors (Lipinski definition) is 3.